The Morgan fingerprint density at radius 3 is 2.67 bits per heavy atom. The number of ketones is 1. The van der Waals surface area contributed by atoms with Crippen molar-refractivity contribution >= 4 is 17.4 Å². The van der Waals surface area contributed by atoms with Crippen LogP contribution in [0.15, 0.2) is 42.5 Å². The first kappa shape index (κ1) is 12.3. The van der Waals surface area contributed by atoms with Crippen LogP contribution in [0.5, 0.6) is 0 Å². The van der Waals surface area contributed by atoms with Gasteiger partial charge in [-0.05, 0) is 30.7 Å². The van der Waals surface area contributed by atoms with Crippen LogP contribution in [0, 0.1) is 5.82 Å². The van der Waals surface area contributed by atoms with Gasteiger partial charge in [-0.15, -0.1) is 0 Å². The van der Waals surface area contributed by atoms with Crippen molar-refractivity contribution < 1.29 is 14.0 Å². The molecule has 0 bridgehead atoms. The van der Waals surface area contributed by atoms with Crippen LogP contribution < -0.4 is 4.90 Å². The summed E-state index contributed by atoms with van der Waals surface area (Å²) in [7, 11) is 0. The van der Waals surface area contributed by atoms with Crippen molar-refractivity contribution in [2.75, 3.05) is 4.90 Å². The van der Waals surface area contributed by atoms with Crippen LogP contribution >= 0.6 is 0 Å². The molecule has 4 heteroatoms. The van der Waals surface area contributed by atoms with E-state index >= 15 is 0 Å². The van der Waals surface area contributed by atoms with E-state index in [1.54, 1.807) is 43.3 Å². The number of rotatable bonds is 0. The normalized spacial score (nSPS) is 22.9. The largest absolute Gasteiger partial charge is 0.294 e. The summed E-state index contributed by atoms with van der Waals surface area (Å²) in [6, 6.07) is 11.6. The molecule has 2 aromatic rings. The van der Waals surface area contributed by atoms with Crippen LogP contribution in [0.3, 0.4) is 0 Å². The maximum Gasteiger partial charge on any atom is 0.262 e. The fourth-order valence-corrected chi connectivity index (χ4v) is 3.45. The second-order valence-electron chi connectivity index (χ2n) is 5.71. The minimum Gasteiger partial charge on any atom is -0.294 e. The topological polar surface area (TPSA) is 37.4 Å². The van der Waals surface area contributed by atoms with Gasteiger partial charge in [0.25, 0.3) is 5.91 Å². The number of amides is 1. The molecule has 0 spiro atoms. The van der Waals surface area contributed by atoms with Gasteiger partial charge in [-0.2, -0.15) is 0 Å². The summed E-state index contributed by atoms with van der Waals surface area (Å²) in [6.45, 7) is 1.75. The third kappa shape index (κ3) is 1.37. The minimum absolute atomic E-state index is 0.0821. The predicted octanol–water partition coefficient (Wildman–Crippen LogP) is 2.98. The molecule has 0 N–H and O–H groups in total. The molecule has 0 aromatic heterocycles. The zero-order valence-corrected chi connectivity index (χ0v) is 11.4. The molecule has 0 fully saturated rings. The number of halogens is 1. The van der Waals surface area contributed by atoms with E-state index in [0.29, 0.717) is 23.2 Å². The highest BCUT2D eigenvalue weighted by molar-refractivity contribution is 6.25. The number of nitrogens with zero attached hydrogens (tertiary/aromatic N) is 1. The Kier molecular flexibility index (Phi) is 2.21. The average Bonchev–Trinajstić information content (AvgIpc) is 2.68. The van der Waals surface area contributed by atoms with Gasteiger partial charge in [0.15, 0.2) is 5.78 Å². The lowest BCUT2D eigenvalue weighted by Crippen LogP contribution is -2.56. The van der Waals surface area contributed by atoms with Gasteiger partial charge >= 0.3 is 0 Å². The van der Waals surface area contributed by atoms with Crippen LogP contribution in [0.2, 0.25) is 0 Å². The first-order chi connectivity index (χ1) is 10.0. The van der Waals surface area contributed by atoms with Crippen LogP contribution in [0.4, 0.5) is 10.1 Å². The third-order valence-electron chi connectivity index (χ3n) is 4.42. The first-order valence-electron chi connectivity index (χ1n) is 6.80. The predicted molar refractivity (Wildman–Crippen MR) is 76.1 cm³/mol. The number of fused-ring (bicyclic) bond motifs is 4. The van der Waals surface area contributed by atoms with E-state index in [1.165, 1.54) is 11.0 Å². The molecule has 1 atom stereocenters. The van der Waals surface area contributed by atoms with Gasteiger partial charge in [-0.1, -0.05) is 24.3 Å². The van der Waals surface area contributed by atoms with E-state index in [2.05, 4.69) is 0 Å². The van der Waals surface area contributed by atoms with Gasteiger partial charge in [-0.25, -0.2) is 4.39 Å². The van der Waals surface area contributed by atoms with Crippen molar-refractivity contribution in [1.29, 1.82) is 0 Å². The van der Waals surface area contributed by atoms with Crippen molar-refractivity contribution in [1.82, 2.24) is 0 Å². The molecule has 0 radical (unpaired) electrons. The Balaban J connectivity index is 2.01. The molecular formula is C17H12FNO2. The second-order valence-corrected chi connectivity index (χ2v) is 5.71. The summed E-state index contributed by atoms with van der Waals surface area (Å²) in [4.78, 5) is 26.9. The first-order valence-corrected chi connectivity index (χ1v) is 6.80. The second kappa shape index (κ2) is 3.79. The van der Waals surface area contributed by atoms with Crippen LogP contribution in [-0.2, 0) is 6.42 Å². The zero-order valence-electron chi connectivity index (χ0n) is 11.4. The highest BCUT2D eigenvalue weighted by atomic mass is 19.1. The third-order valence-corrected chi connectivity index (χ3v) is 4.42. The van der Waals surface area contributed by atoms with Gasteiger partial charge in [0.2, 0.25) is 0 Å². The Hall–Kier alpha value is -2.49. The van der Waals surface area contributed by atoms with Gasteiger partial charge in [0.1, 0.15) is 11.4 Å². The van der Waals surface area contributed by atoms with Gasteiger partial charge in [-0.3, -0.25) is 14.5 Å². The molecule has 4 rings (SSSR count). The lowest BCUT2D eigenvalue weighted by atomic mass is 9.82. The Bertz CT molecular complexity index is 814. The molecule has 0 aliphatic carbocycles. The van der Waals surface area contributed by atoms with Gasteiger partial charge in [0.05, 0.1) is 11.3 Å². The van der Waals surface area contributed by atoms with E-state index in [4.69, 9.17) is 0 Å². The molecular weight excluding hydrogens is 269 g/mol. The molecule has 2 heterocycles. The quantitative estimate of drug-likeness (QED) is 0.744. The SMILES string of the molecule is CC12Cc3cccc(F)c3C(=O)N1c1ccccc1C2=O. The molecule has 0 saturated carbocycles. The molecule has 2 aliphatic heterocycles. The molecule has 1 amide bonds. The van der Waals surface area contributed by atoms with Gasteiger partial charge < -0.3 is 0 Å². The van der Waals surface area contributed by atoms with Crippen LogP contribution in [0.25, 0.3) is 0 Å². The number of Topliss-reactive ketones (excluding diaryl/α,β-unsaturated/α-hetero) is 1. The molecule has 0 saturated heterocycles. The van der Waals surface area contributed by atoms with Crippen LogP contribution in [-0.4, -0.2) is 17.2 Å². The van der Waals surface area contributed by atoms with Gasteiger partial charge in [0, 0.05) is 12.0 Å². The minimum atomic E-state index is -0.957. The number of hydrogen-bond donors (Lipinski definition) is 0. The maximum atomic E-state index is 14.0. The zero-order chi connectivity index (χ0) is 14.8. The van der Waals surface area contributed by atoms with Crippen LogP contribution in [0.1, 0.15) is 33.2 Å². The summed E-state index contributed by atoms with van der Waals surface area (Å²) in [6.07, 6.45) is 0.333. The molecule has 2 aromatic carbocycles. The van der Waals surface area contributed by atoms with Crippen molar-refractivity contribution in [3.05, 3.63) is 65.0 Å². The Morgan fingerprint density at radius 2 is 1.86 bits per heavy atom. The van der Waals surface area contributed by atoms with Crippen molar-refractivity contribution in [2.45, 2.75) is 18.9 Å². The standard InChI is InChI=1S/C17H12FNO2/c1-17-9-10-5-4-7-12(18)14(10)16(21)19(17)13-8-3-2-6-11(13)15(17)20/h2-8H,9H2,1H3. The Morgan fingerprint density at radius 1 is 1.10 bits per heavy atom. The summed E-state index contributed by atoms with van der Waals surface area (Å²) in [5, 5.41) is 0. The number of hydrogen-bond acceptors (Lipinski definition) is 2. The highest BCUT2D eigenvalue weighted by Crippen LogP contribution is 2.44. The van der Waals surface area contributed by atoms with E-state index in [0.717, 1.165) is 0 Å². The summed E-state index contributed by atoms with van der Waals surface area (Å²) in [5.41, 5.74) is 0.825. The van der Waals surface area contributed by atoms with E-state index < -0.39 is 17.3 Å². The summed E-state index contributed by atoms with van der Waals surface area (Å²) >= 11 is 0. The number of anilines is 1. The summed E-state index contributed by atoms with van der Waals surface area (Å²) < 4.78 is 14.0. The molecule has 2 aliphatic rings. The monoisotopic (exact) mass is 281 g/mol. The molecule has 3 nitrogen and oxygen atoms in total. The molecule has 21 heavy (non-hydrogen) atoms. The molecule has 1 unspecified atom stereocenters. The fourth-order valence-electron chi connectivity index (χ4n) is 3.45. The van der Waals surface area contributed by atoms with E-state index in [9.17, 15) is 14.0 Å². The van der Waals surface area contributed by atoms with Crippen molar-refractivity contribution in [3.63, 3.8) is 0 Å². The number of carbonyl (C=O) groups is 2. The number of para-hydroxylation sites is 1. The van der Waals surface area contributed by atoms with E-state index in [1.807, 2.05) is 0 Å². The lowest BCUT2D eigenvalue weighted by Gasteiger charge is -2.39. The maximum absolute atomic E-state index is 14.0. The Labute approximate surface area is 121 Å². The number of benzene rings is 2. The summed E-state index contributed by atoms with van der Waals surface area (Å²) in [5.74, 6) is -1.05. The van der Waals surface area contributed by atoms with Crippen molar-refractivity contribution in [3.8, 4) is 0 Å². The smallest absolute Gasteiger partial charge is 0.262 e. The fraction of sp³-hybridized carbons (Fsp3) is 0.176. The average molecular weight is 281 g/mol. The highest BCUT2D eigenvalue weighted by Gasteiger charge is 2.54. The van der Waals surface area contributed by atoms with E-state index in [-0.39, 0.29) is 11.3 Å². The number of carbonyl (C=O) groups excluding carboxylic acids is 2. The lowest BCUT2D eigenvalue weighted by molar-refractivity contribution is 0.0839. The van der Waals surface area contributed by atoms with Crippen molar-refractivity contribution in [2.24, 2.45) is 0 Å². The molecule has 104 valence electrons.